The lowest BCUT2D eigenvalue weighted by molar-refractivity contribution is -0.158. The van der Waals surface area contributed by atoms with E-state index in [9.17, 15) is 20.0 Å². The fraction of sp³-hybridized carbons (Fsp3) is 0.489. The predicted molar refractivity (Wildman–Crippen MR) is 232 cm³/mol. The number of benzene rings is 3. The largest absolute Gasteiger partial charge is 0.518 e. The monoisotopic (exact) mass is 910 g/mol. The van der Waals surface area contributed by atoms with Gasteiger partial charge in [-0.3, -0.25) is 15.1 Å². The van der Waals surface area contributed by atoms with Crippen LogP contribution in [0, 0.1) is 25.2 Å². The van der Waals surface area contributed by atoms with Crippen molar-refractivity contribution < 1.29 is 62.1 Å². The molecule has 2 unspecified atom stereocenters. The summed E-state index contributed by atoms with van der Waals surface area (Å²) in [5, 5.41) is 26.5. The first kappa shape index (κ1) is 43.0. The lowest BCUT2D eigenvalue weighted by Gasteiger charge is -2.62. The number of aryl methyl sites for hydroxylation is 1. The highest BCUT2D eigenvalue weighted by molar-refractivity contribution is 7.99. The minimum absolute atomic E-state index is 0.00590. The Kier molecular flexibility index (Phi) is 9.99. The smallest absolute Gasteiger partial charge is 0.504 e. The first-order valence-corrected chi connectivity index (χ1v) is 22.5. The zero-order chi connectivity index (χ0) is 46.1. The van der Waals surface area contributed by atoms with Crippen molar-refractivity contribution in [2.75, 3.05) is 40.4 Å². The van der Waals surface area contributed by atoms with Gasteiger partial charge in [0.15, 0.2) is 40.0 Å². The van der Waals surface area contributed by atoms with Gasteiger partial charge in [0.25, 0.3) is 0 Å². The first-order valence-electron chi connectivity index (χ1n) is 21.5. The predicted octanol–water partition coefficient (Wildman–Crippen LogP) is 6.26. The van der Waals surface area contributed by atoms with Gasteiger partial charge >= 0.3 is 18.3 Å². The number of phenols is 1. The molecule has 3 fully saturated rings. The molecule has 0 amide bonds. The third kappa shape index (κ3) is 6.18. The van der Waals surface area contributed by atoms with E-state index < -0.39 is 64.4 Å². The number of nitriles is 1. The normalized spacial score (nSPS) is 29.1. The number of thioether (sulfide) groups is 1. The van der Waals surface area contributed by atoms with Crippen LogP contribution in [0.5, 0.6) is 40.2 Å². The van der Waals surface area contributed by atoms with Crippen molar-refractivity contribution in [1.29, 1.82) is 5.26 Å². The molecule has 7 heterocycles. The molecule has 0 radical (unpaired) electrons. The van der Waals surface area contributed by atoms with E-state index in [0.717, 1.165) is 23.0 Å². The van der Waals surface area contributed by atoms with Crippen molar-refractivity contribution in [2.45, 2.75) is 106 Å². The van der Waals surface area contributed by atoms with Crippen LogP contribution < -0.4 is 33.7 Å². The van der Waals surface area contributed by atoms with Gasteiger partial charge in [0.1, 0.15) is 23.5 Å². The molecule has 8 aliphatic rings. The highest BCUT2D eigenvalue weighted by Crippen LogP contribution is 2.72. The average Bonchev–Trinajstić information content (AvgIpc) is 3.70. The summed E-state index contributed by atoms with van der Waals surface area (Å²) in [7, 11) is 4.94. The molecule has 3 aromatic carbocycles. The van der Waals surface area contributed by atoms with E-state index in [-0.39, 0.29) is 48.0 Å². The van der Waals surface area contributed by atoms with E-state index in [1.54, 1.807) is 39.8 Å². The minimum atomic E-state index is -1.49. The number of likely N-dealkylation sites (N-methyl/N-ethyl adjacent to an activating group) is 1. The quantitative estimate of drug-likeness (QED) is 0.126. The molecule has 2 spiro atoms. The molecule has 2 saturated heterocycles. The van der Waals surface area contributed by atoms with E-state index in [2.05, 4.69) is 27.8 Å². The molecule has 2 N–H and O–H groups in total. The number of nitrogens with one attached hydrogen (secondary N) is 1. The Morgan fingerprint density at radius 2 is 1.82 bits per heavy atom. The van der Waals surface area contributed by atoms with Crippen molar-refractivity contribution in [3.8, 4) is 46.3 Å². The number of rotatable bonds is 5. The van der Waals surface area contributed by atoms with Crippen LogP contribution in [0.2, 0.25) is 0 Å². The Labute approximate surface area is 379 Å². The van der Waals surface area contributed by atoms with Gasteiger partial charge < -0.3 is 47.7 Å². The van der Waals surface area contributed by atoms with Crippen LogP contribution in [0.1, 0.15) is 83.0 Å². The van der Waals surface area contributed by atoms with Crippen LogP contribution in [0.3, 0.4) is 0 Å². The molecule has 65 heavy (non-hydrogen) atoms. The van der Waals surface area contributed by atoms with Gasteiger partial charge in [0, 0.05) is 53.1 Å². The molecular formula is C47H50N4O13S. The molecule has 1 saturated carbocycles. The van der Waals surface area contributed by atoms with Crippen molar-refractivity contribution in [3.63, 3.8) is 0 Å². The van der Waals surface area contributed by atoms with Gasteiger partial charge in [-0.2, -0.15) is 5.26 Å². The summed E-state index contributed by atoms with van der Waals surface area (Å²) in [6.45, 7) is 12.7. The zero-order valence-electron chi connectivity index (χ0n) is 37.3. The van der Waals surface area contributed by atoms with Crippen molar-refractivity contribution >= 4 is 30.0 Å². The molecule has 17 nitrogen and oxygen atoms in total. The number of nitrogens with zero attached hydrogens (tertiary/aromatic N) is 3. The van der Waals surface area contributed by atoms with Gasteiger partial charge in [-0.1, -0.05) is 12.6 Å². The Morgan fingerprint density at radius 3 is 2.52 bits per heavy atom. The minimum Gasteiger partial charge on any atom is -0.504 e. The second kappa shape index (κ2) is 15.1. The lowest BCUT2D eigenvalue weighted by Crippen LogP contribution is -2.71. The Hall–Kier alpha value is -5.87. The lowest BCUT2D eigenvalue weighted by atomic mass is 9.70. The van der Waals surface area contributed by atoms with E-state index >= 15 is 4.79 Å². The summed E-state index contributed by atoms with van der Waals surface area (Å²) in [4.78, 5) is 46.1. The summed E-state index contributed by atoms with van der Waals surface area (Å²) in [6, 6.07) is 5.82. The molecule has 11 rings (SSSR count). The summed E-state index contributed by atoms with van der Waals surface area (Å²) < 4.78 is 53.3. The van der Waals surface area contributed by atoms with Gasteiger partial charge in [0.2, 0.25) is 6.79 Å². The van der Waals surface area contributed by atoms with Gasteiger partial charge in [0.05, 0.1) is 43.4 Å². The maximum Gasteiger partial charge on any atom is 0.518 e. The number of carbonyl (C=O) groups is 3. The fourth-order valence-electron chi connectivity index (χ4n) is 11.4. The number of ether oxygens (including phenoxy) is 9. The summed E-state index contributed by atoms with van der Waals surface area (Å²) in [5.41, 5.74) is 1.81. The van der Waals surface area contributed by atoms with E-state index in [0.29, 0.717) is 64.5 Å². The SMILES string of the molecule is C=COC(=O)Oc1c(C)c2c(c3c1[C@H]1SC[C@]4(NCCc5cc(OC(=O)OC(C)(C)C)c(OC)cc54)C(=O)O[C@@H]4CC34N3C1[C@H]1c4c(cc(C)c(OC)c4O)C[C@@H]([C@@H]3C#N)N1C)OCO2. The third-order valence-electron chi connectivity index (χ3n) is 14.0. The van der Waals surface area contributed by atoms with E-state index in [1.807, 2.05) is 20.0 Å². The van der Waals surface area contributed by atoms with Crippen LogP contribution >= 0.6 is 11.8 Å². The number of fused-ring (bicyclic) bond motifs is 8. The number of esters is 1. The summed E-state index contributed by atoms with van der Waals surface area (Å²) >= 11 is 1.42. The van der Waals surface area contributed by atoms with E-state index in [4.69, 9.17) is 42.6 Å². The molecule has 7 aliphatic heterocycles. The molecular weight excluding hydrogens is 861 g/mol. The number of hydrogen-bond acceptors (Lipinski definition) is 18. The molecule has 1 aliphatic carbocycles. The summed E-state index contributed by atoms with van der Waals surface area (Å²) in [6.07, 6.45) is -0.612. The molecule has 0 aromatic heterocycles. The third-order valence-corrected chi connectivity index (χ3v) is 15.5. The maximum atomic E-state index is 15.3. The number of piperazine rings is 1. The van der Waals surface area contributed by atoms with Crippen LogP contribution in [-0.4, -0.2) is 103 Å². The number of methoxy groups -OCH3 is 2. The second-order valence-electron chi connectivity index (χ2n) is 18.5. The molecule has 3 aromatic rings. The Balaban J connectivity index is 1.21. The standard InChI is InChI=1S/C47H50N4O13S/c1-10-58-43(54)63-38-22(3)39-40(60-20-59-39)33-32(38)41-35-34-31-24(13-21(2)37(57-9)36(31)52)14-26(50(34)7)27(18-48)51(35)47(33)17-30(47)62-42(53)46(19-65-41)25-16-28(56-8)29(15-23(25)11-12-49-46)61-44(55)64-45(4,5)6/h10,13,15-16,26-27,30,34-35,41,49,52H,1,11-12,14,17,19-20H2,2-9H3/t26-,27-,30+,34+,35?,41+,46+,47?/m0/s1. The number of hydrogen-bond donors (Lipinski definition) is 2. The first-order chi connectivity index (χ1) is 31.0. The molecule has 8 atom stereocenters. The number of carbonyl (C=O) groups excluding carboxylic acids is 3. The van der Waals surface area contributed by atoms with Crippen molar-refractivity contribution in [3.05, 3.63) is 75.5 Å². The highest BCUT2D eigenvalue weighted by Gasteiger charge is 2.75. The Bertz CT molecular complexity index is 2640. The summed E-state index contributed by atoms with van der Waals surface area (Å²) in [5.74, 6) is 1.16. The molecule has 18 heteroatoms. The maximum absolute atomic E-state index is 15.3. The van der Waals surface area contributed by atoms with Crippen LogP contribution in [0.4, 0.5) is 9.59 Å². The van der Waals surface area contributed by atoms with Gasteiger partial charge in [-0.05, 0) is 88.9 Å². The van der Waals surface area contributed by atoms with Crippen LogP contribution in [-0.2, 0) is 42.9 Å². The van der Waals surface area contributed by atoms with Gasteiger partial charge in [-0.25, -0.2) is 14.4 Å². The second-order valence-corrected chi connectivity index (χ2v) is 19.6. The zero-order valence-corrected chi connectivity index (χ0v) is 38.1. The topological polar surface area (TPSA) is 197 Å². The average molecular weight is 911 g/mol. The van der Waals surface area contributed by atoms with Gasteiger partial charge in [-0.15, -0.1) is 11.8 Å². The van der Waals surface area contributed by atoms with Crippen LogP contribution in [0.15, 0.2) is 31.0 Å². The fourth-order valence-corrected chi connectivity index (χ4v) is 13.1. The van der Waals surface area contributed by atoms with Crippen LogP contribution in [0.25, 0.3) is 0 Å². The van der Waals surface area contributed by atoms with Crippen molar-refractivity contribution in [1.82, 2.24) is 15.1 Å². The Morgan fingerprint density at radius 1 is 1.05 bits per heavy atom. The van der Waals surface area contributed by atoms with E-state index in [1.165, 1.54) is 26.0 Å². The molecule has 4 bridgehead atoms. The number of phenolic OH excluding ortho intramolecular Hbond substituents is 1. The van der Waals surface area contributed by atoms with Crippen molar-refractivity contribution in [2.24, 2.45) is 0 Å². The number of aromatic hydroxyl groups is 1. The molecule has 342 valence electrons. The highest BCUT2D eigenvalue weighted by atomic mass is 32.2.